The molecular formula is C16H20N2O4S. The number of rotatable bonds is 5. The van der Waals surface area contributed by atoms with Crippen molar-refractivity contribution >= 4 is 21.6 Å². The predicted molar refractivity (Wildman–Crippen MR) is 88.2 cm³/mol. The molecule has 6 nitrogen and oxygen atoms in total. The lowest BCUT2D eigenvalue weighted by atomic mass is 9.98. The summed E-state index contributed by atoms with van der Waals surface area (Å²) in [6.07, 6.45) is 0. The zero-order valence-corrected chi connectivity index (χ0v) is 14.3. The third-order valence-corrected chi connectivity index (χ3v) is 4.79. The summed E-state index contributed by atoms with van der Waals surface area (Å²) in [5.74, 6) is -0.308. The average Bonchev–Trinajstić information content (AvgIpc) is 2.99. The Balaban J connectivity index is 2.31. The number of hydrogen-bond donors (Lipinski definition) is 2. The van der Waals surface area contributed by atoms with E-state index in [0.717, 1.165) is 16.8 Å². The third-order valence-electron chi connectivity index (χ3n) is 3.50. The lowest BCUT2D eigenvalue weighted by molar-refractivity contribution is 0.0991. The molecule has 0 aliphatic heterocycles. The van der Waals surface area contributed by atoms with Crippen molar-refractivity contribution in [2.75, 3.05) is 12.4 Å². The van der Waals surface area contributed by atoms with Gasteiger partial charge in [0.1, 0.15) is 0 Å². The van der Waals surface area contributed by atoms with E-state index >= 15 is 0 Å². The Kier molecular flexibility index (Phi) is 4.91. The zero-order valence-electron chi connectivity index (χ0n) is 13.5. The van der Waals surface area contributed by atoms with Crippen LogP contribution in [0.25, 0.3) is 0 Å². The van der Waals surface area contributed by atoms with Gasteiger partial charge in [-0.05, 0) is 43.1 Å². The van der Waals surface area contributed by atoms with Crippen LogP contribution in [0.15, 0.2) is 39.8 Å². The van der Waals surface area contributed by atoms with E-state index in [9.17, 15) is 13.2 Å². The highest BCUT2D eigenvalue weighted by Crippen LogP contribution is 2.28. The number of hydrogen-bond acceptors (Lipinski definition) is 4. The molecule has 1 heterocycles. The minimum absolute atomic E-state index is 0.0585. The van der Waals surface area contributed by atoms with Crippen molar-refractivity contribution in [3.05, 3.63) is 47.2 Å². The van der Waals surface area contributed by atoms with E-state index < -0.39 is 15.9 Å². The standard InChI is InChI=1S/C16H20N2O4S/c1-10(2)12-7-5-6-11(3)15(12)18-16(19)13-8-9-14(22-13)23(20,21)17-4/h5-10,17H,1-4H3,(H,18,19). The van der Waals surface area contributed by atoms with Crippen LogP contribution in [0.1, 0.15) is 41.4 Å². The SMILES string of the molecule is CNS(=O)(=O)c1ccc(C(=O)Nc2c(C)cccc2C(C)C)o1. The lowest BCUT2D eigenvalue weighted by Crippen LogP contribution is -2.18. The van der Waals surface area contributed by atoms with Crippen LogP contribution in [-0.2, 0) is 10.0 Å². The number of furan rings is 1. The van der Waals surface area contributed by atoms with Crippen molar-refractivity contribution in [1.82, 2.24) is 4.72 Å². The second-order valence-corrected chi connectivity index (χ2v) is 7.29. The fraction of sp³-hybridized carbons (Fsp3) is 0.312. The summed E-state index contributed by atoms with van der Waals surface area (Å²) >= 11 is 0. The highest BCUT2D eigenvalue weighted by atomic mass is 32.2. The van der Waals surface area contributed by atoms with Crippen molar-refractivity contribution in [3.63, 3.8) is 0 Å². The molecule has 0 spiro atoms. The van der Waals surface area contributed by atoms with Crippen LogP contribution in [0.3, 0.4) is 0 Å². The highest BCUT2D eigenvalue weighted by Gasteiger charge is 2.20. The Morgan fingerprint density at radius 2 is 1.87 bits per heavy atom. The molecule has 2 aromatic rings. The van der Waals surface area contributed by atoms with Crippen LogP contribution >= 0.6 is 0 Å². The molecule has 0 atom stereocenters. The van der Waals surface area contributed by atoms with Crippen molar-refractivity contribution in [2.45, 2.75) is 31.8 Å². The van der Waals surface area contributed by atoms with Gasteiger partial charge in [0.15, 0.2) is 5.76 Å². The van der Waals surface area contributed by atoms with Gasteiger partial charge >= 0.3 is 0 Å². The first-order valence-corrected chi connectivity index (χ1v) is 8.69. The summed E-state index contributed by atoms with van der Waals surface area (Å²) in [4.78, 5) is 12.3. The third kappa shape index (κ3) is 3.62. The Morgan fingerprint density at radius 1 is 1.17 bits per heavy atom. The molecule has 7 heteroatoms. The van der Waals surface area contributed by atoms with Crippen LogP contribution in [0.4, 0.5) is 5.69 Å². The number of carbonyl (C=O) groups is 1. The second kappa shape index (κ2) is 6.55. The van der Waals surface area contributed by atoms with Crippen LogP contribution in [0, 0.1) is 6.92 Å². The molecule has 0 unspecified atom stereocenters. The van der Waals surface area contributed by atoms with Gasteiger partial charge in [0.25, 0.3) is 15.9 Å². The molecule has 2 rings (SSSR count). The van der Waals surface area contributed by atoms with Gasteiger partial charge in [0.05, 0.1) is 0 Å². The topological polar surface area (TPSA) is 88.4 Å². The maximum absolute atomic E-state index is 12.3. The second-order valence-electron chi connectivity index (χ2n) is 5.47. The molecule has 23 heavy (non-hydrogen) atoms. The molecule has 0 fully saturated rings. The van der Waals surface area contributed by atoms with Gasteiger partial charge in [-0.2, -0.15) is 0 Å². The predicted octanol–water partition coefficient (Wildman–Crippen LogP) is 2.87. The maximum atomic E-state index is 12.3. The number of amides is 1. The van der Waals surface area contributed by atoms with E-state index in [1.165, 1.54) is 19.2 Å². The molecule has 124 valence electrons. The number of anilines is 1. The number of para-hydroxylation sites is 1. The Bertz CT molecular complexity index is 822. The lowest BCUT2D eigenvalue weighted by Gasteiger charge is -2.15. The van der Waals surface area contributed by atoms with Crippen molar-refractivity contribution in [1.29, 1.82) is 0 Å². The summed E-state index contributed by atoms with van der Waals surface area (Å²) in [7, 11) is -2.43. The van der Waals surface area contributed by atoms with E-state index in [0.29, 0.717) is 0 Å². The largest absolute Gasteiger partial charge is 0.438 e. The first-order chi connectivity index (χ1) is 10.8. The normalized spacial score (nSPS) is 11.7. The molecule has 0 saturated carbocycles. The van der Waals surface area contributed by atoms with E-state index in [2.05, 4.69) is 10.0 Å². The zero-order chi connectivity index (χ0) is 17.2. The van der Waals surface area contributed by atoms with Crippen LogP contribution in [0.2, 0.25) is 0 Å². The highest BCUT2D eigenvalue weighted by molar-refractivity contribution is 7.89. The van der Waals surface area contributed by atoms with E-state index in [1.54, 1.807) is 0 Å². The Hall–Kier alpha value is -2.12. The molecule has 0 bridgehead atoms. The van der Waals surface area contributed by atoms with Crippen LogP contribution in [-0.4, -0.2) is 21.4 Å². The van der Waals surface area contributed by atoms with Crippen molar-refractivity contribution < 1.29 is 17.6 Å². The van der Waals surface area contributed by atoms with Crippen molar-refractivity contribution in [2.24, 2.45) is 0 Å². The fourth-order valence-electron chi connectivity index (χ4n) is 2.20. The molecule has 0 radical (unpaired) electrons. The Labute approximate surface area is 135 Å². The van der Waals surface area contributed by atoms with Gasteiger partial charge in [0, 0.05) is 5.69 Å². The first-order valence-electron chi connectivity index (χ1n) is 7.20. The first kappa shape index (κ1) is 17.2. The fourth-order valence-corrected chi connectivity index (χ4v) is 2.85. The smallest absolute Gasteiger partial charge is 0.291 e. The number of nitrogens with one attached hydrogen (secondary N) is 2. The summed E-state index contributed by atoms with van der Waals surface area (Å²) in [6, 6.07) is 8.38. The van der Waals surface area contributed by atoms with Gasteiger partial charge < -0.3 is 9.73 Å². The van der Waals surface area contributed by atoms with E-state index in [-0.39, 0.29) is 16.8 Å². The molecule has 1 amide bonds. The number of sulfonamides is 1. The molecule has 0 saturated heterocycles. The van der Waals surface area contributed by atoms with Gasteiger partial charge in [-0.25, -0.2) is 13.1 Å². The van der Waals surface area contributed by atoms with Gasteiger partial charge in [-0.1, -0.05) is 32.0 Å². The van der Waals surface area contributed by atoms with Gasteiger partial charge in [0.2, 0.25) is 5.09 Å². The quantitative estimate of drug-likeness (QED) is 0.879. The van der Waals surface area contributed by atoms with Crippen molar-refractivity contribution in [3.8, 4) is 0 Å². The monoisotopic (exact) mass is 336 g/mol. The number of benzene rings is 1. The average molecular weight is 336 g/mol. The number of aryl methyl sites for hydroxylation is 1. The molecule has 1 aromatic heterocycles. The molecule has 0 aliphatic rings. The number of carbonyl (C=O) groups excluding carboxylic acids is 1. The molecule has 0 aliphatic carbocycles. The molecule has 2 N–H and O–H groups in total. The van der Waals surface area contributed by atoms with Crippen LogP contribution < -0.4 is 10.0 Å². The summed E-state index contributed by atoms with van der Waals surface area (Å²) < 4.78 is 30.6. The summed E-state index contributed by atoms with van der Waals surface area (Å²) in [6.45, 7) is 5.98. The Morgan fingerprint density at radius 3 is 2.48 bits per heavy atom. The van der Waals surface area contributed by atoms with Gasteiger partial charge in [-0.15, -0.1) is 0 Å². The molecular weight excluding hydrogens is 316 g/mol. The minimum atomic E-state index is -3.71. The molecule has 1 aromatic carbocycles. The van der Waals surface area contributed by atoms with E-state index in [4.69, 9.17) is 4.42 Å². The minimum Gasteiger partial charge on any atom is -0.438 e. The summed E-state index contributed by atoms with van der Waals surface area (Å²) in [5.41, 5.74) is 2.66. The van der Waals surface area contributed by atoms with Crippen LogP contribution in [0.5, 0.6) is 0 Å². The van der Waals surface area contributed by atoms with Gasteiger partial charge in [-0.3, -0.25) is 4.79 Å². The summed E-state index contributed by atoms with van der Waals surface area (Å²) in [5, 5.41) is 2.52. The maximum Gasteiger partial charge on any atom is 0.291 e. The van der Waals surface area contributed by atoms with E-state index in [1.807, 2.05) is 39.0 Å².